The second kappa shape index (κ2) is 8.79. The van der Waals surface area contributed by atoms with Gasteiger partial charge in [0.2, 0.25) is 0 Å². The first kappa shape index (κ1) is 19.8. The van der Waals surface area contributed by atoms with Crippen molar-refractivity contribution in [3.05, 3.63) is 64.6 Å². The van der Waals surface area contributed by atoms with Crippen LogP contribution in [0.2, 0.25) is 0 Å². The molecule has 146 valence electrons. The quantitative estimate of drug-likeness (QED) is 0.465. The predicted molar refractivity (Wildman–Crippen MR) is 106 cm³/mol. The van der Waals surface area contributed by atoms with Gasteiger partial charge in [0.05, 0.1) is 11.9 Å². The van der Waals surface area contributed by atoms with Gasteiger partial charge in [-0.3, -0.25) is 14.2 Å². The minimum atomic E-state index is -0.496. The number of nitrogens with zero attached hydrogens (tertiary/aromatic N) is 2. The summed E-state index contributed by atoms with van der Waals surface area (Å²) in [7, 11) is 3.38. The summed E-state index contributed by atoms with van der Waals surface area (Å²) in [5, 5.41) is -0.0769. The van der Waals surface area contributed by atoms with Gasteiger partial charge in [0, 0.05) is 25.5 Å². The molecule has 8 heteroatoms. The van der Waals surface area contributed by atoms with Gasteiger partial charge in [-0.1, -0.05) is 24.3 Å². The fraction of sp³-hybridized carbons (Fsp3) is 0.250. The summed E-state index contributed by atoms with van der Waals surface area (Å²) < 4.78 is 11.9. The maximum absolute atomic E-state index is 12.1. The van der Waals surface area contributed by atoms with Gasteiger partial charge in [-0.25, -0.2) is 4.79 Å². The lowest BCUT2D eigenvalue weighted by Crippen LogP contribution is -2.17. The molecule has 0 unspecified atom stereocenters. The van der Waals surface area contributed by atoms with E-state index >= 15 is 0 Å². The van der Waals surface area contributed by atoms with Crippen LogP contribution in [0.25, 0.3) is 11.1 Å². The summed E-state index contributed by atoms with van der Waals surface area (Å²) in [5.74, 6) is -0.913. The van der Waals surface area contributed by atoms with E-state index in [9.17, 15) is 14.4 Å². The van der Waals surface area contributed by atoms with Crippen molar-refractivity contribution in [3.8, 4) is 0 Å². The summed E-state index contributed by atoms with van der Waals surface area (Å²) in [6.45, 7) is 0.284. The van der Waals surface area contributed by atoms with Crippen molar-refractivity contribution in [1.29, 1.82) is 0 Å². The molecule has 1 heterocycles. The van der Waals surface area contributed by atoms with Crippen LogP contribution in [0, 0.1) is 0 Å². The lowest BCUT2D eigenvalue weighted by atomic mass is 10.2. The average molecular weight is 400 g/mol. The number of oxazole rings is 1. The molecule has 7 nitrogen and oxygen atoms in total. The number of hydrogen-bond acceptors (Lipinski definition) is 6. The van der Waals surface area contributed by atoms with E-state index in [1.165, 1.54) is 9.47 Å². The molecule has 0 N–H and O–H groups in total. The molecule has 0 atom stereocenters. The third-order valence-corrected chi connectivity index (χ3v) is 5.01. The highest BCUT2D eigenvalue weighted by molar-refractivity contribution is 8.13. The summed E-state index contributed by atoms with van der Waals surface area (Å²) in [6, 6.07) is 14.3. The van der Waals surface area contributed by atoms with Crippen molar-refractivity contribution in [2.24, 2.45) is 0 Å². The highest BCUT2D eigenvalue weighted by Gasteiger charge is 2.12. The molecular weight excluding hydrogens is 380 g/mol. The van der Waals surface area contributed by atoms with Gasteiger partial charge in [-0.2, -0.15) is 0 Å². The second-order valence-electron chi connectivity index (χ2n) is 6.31. The molecule has 0 saturated carbocycles. The Morgan fingerprint density at radius 2 is 1.93 bits per heavy atom. The van der Waals surface area contributed by atoms with Crippen molar-refractivity contribution in [2.75, 3.05) is 14.1 Å². The standard InChI is InChI=1S/C20H20N2O5S/c1-21(2)20(25)28-15-7-5-6-14(12-15)13-26-18(23)10-11-22-16-8-3-4-9-17(16)27-19(22)24/h3-9,12H,10-11,13H2,1-2H3. The normalized spacial score (nSPS) is 10.8. The van der Waals surface area contributed by atoms with Crippen LogP contribution in [0.15, 0.2) is 62.6 Å². The Morgan fingerprint density at radius 3 is 2.71 bits per heavy atom. The van der Waals surface area contributed by atoms with Gasteiger partial charge < -0.3 is 14.1 Å². The molecule has 1 aromatic heterocycles. The third-order valence-electron chi connectivity index (χ3n) is 3.98. The van der Waals surface area contributed by atoms with Crippen LogP contribution in [-0.4, -0.2) is 34.8 Å². The van der Waals surface area contributed by atoms with E-state index in [0.29, 0.717) is 11.1 Å². The van der Waals surface area contributed by atoms with Crippen LogP contribution in [0.4, 0.5) is 4.79 Å². The monoisotopic (exact) mass is 400 g/mol. The zero-order valence-electron chi connectivity index (χ0n) is 15.6. The predicted octanol–water partition coefficient (Wildman–Crippen LogP) is 3.50. The van der Waals surface area contributed by atoms with Crippen LogP contribution in [-0.2, 0) is 22.7 Å². The number of hydrogen-bond donors (Lipinski definition) is 0. The molecular formula is C20H20N2O5S. The van der Waals surface area contributed by atoms with E-state index in [1.807, 2.05) is 24.3 Å². The maximum Gasteiger partial charge on any atom is 0.419 e. The molecule has 28 heavy (non-hydrogen) atoms. The molecule has 0 spiro atoms. The van der Waals surface area contributed by atoms with Gasteiger partial charge in [0.25, 0.3) is 5.24 Å². The number of fused-ring (bicyclic) bond motifs is 1. The Balaban J connectivity index is 1.55. The van der Waals surface area contributed by atoms with Crippen LogP contribution < -0.4 is 5.76 Å². The van der Waals surface area contributed by atoms with E-state index in [1.54, 1.807) is 38.4 Å². The molecule has 0 saturated heterocycles. The first-order valence-electron chi connectivity index (χ1n) is 8.66. The van der Waals surface area contributed by atoms with E-state index in [0.717, 1.165) is 22.2 Å². The third kappa shape index (κ3) is 4.83. The van der Waals surface area contributed by atoms with E-state index < -0.39 is 11.7 Å². The van der Waals surface area contributed by atoms with Crippen LogP contribution in [0.5, 0.6) is 0 Å². The number of thioether (sulfide) groups is 1. The number of para-hydroxylation sites is 2. The number of carbonyl (C=O) groups is 2. The number of aryl methyl sites for hydroxylation is 1. The molecule has 1 amide bonds. The number of esters is 1. The first-order chi connectivity index (χ1) is 13.4. The van der Waals surface area contributed by atoms with Crippen molar-refractivity contribution in [2.45, 2.75) is 24.5 Å². The van der Waals surface area contributed by atoms with Gasteiger partial charge in [-0.15, -0.1) is 0 Å². The Kier molecular flexibility index (Phi) is 6.20. The Bertz CT molecular complexity index is 1050. The summed E-state index contributed by atoms with van der Waals surface area (Å²) in [6.07, 6.45) is 0.0526. The topological polar surface area (TPSA) is 81.8 Å². The average Bonchev–Trinajstić information content (AvgIpc) is 3.00. The van der Waals surface area contributed by atoms with Crippen LogP contribution >= 0.6 is 11.8 Å². The number of benzene rings is 2. The fourth-order valence-corrected chi connectivity index (χ4v) is 3.30. The number of carbonyl (C=O) groups excluding carboxylic acids is 2. The van der Waals surface area contributed by atoms with E-state index in [2.05, 4.69) is 0 Å². The number of ether oxygens (including phenoxy) is 1. The summed E-state index contributed by atoms with van der Waals surface area (Å²) in [5.41, 5.74) is 1.92. The van der Waals surface area contributed by atoms with Crippen molar-refractivity contribution in [3.63, 3.8) is 0 Å². The van der Waals surface area contributed by atoms with Crippen LogP contribution in [0.3, 0.4) is 0 Å². The molecule has 0 aliphatic heterocycles. The number of aromatic nitrogens is 1. The largest absolute Gasteiger partial charge is 0.461 e. The summed E-state index contributed by atoms with van der Waals surface area (Å²) >= 11 is 1.11. The number of amides is 1. The molecule has 0 aliphatic carbocycles. The molecule has 3 aromatic rings. The molecule has 0 radical (unpaired) electrons. The SMILES string of the molecule is CN(C)C(=O)Sc1cccc(COC(=O)CCn2c(=O)oc3ccccc32)c1. The van der Waals surface area contributed by atoms with Crippen molar-refractivity contribution in [1.82, 2.24) is 9.47 Å². The Morgan fingerprint density at radius 1 is 1.14 bits per heavy atom. The van der Waals surface area contributed by atoms with Gasteiger partial charge in [-0.05, 0) is 41.6 Å². The lowest BCUT2D eigenvalue weighted by Gasteiger charge is -2.10. The highest BCUT2D eigenvalue weighted by atomic mass is 32.2. The Labute approximate surface area is 165 Å². The number of rotatable bonds is 6. The molecule has 0 aliphatic rings. The maximum atomic E-state index is 12.1. The van der Waals surface area contributed by atoms with Gasteiger partial charge in [0.15, 0.2) is 5.58 Å². The molecule has 3 rings (SSSR count). The van der Waals surface area contributed by atoms with Crippen LogP contribution in [0.1, 0.15) is 12.0 Å². The summed E-state index contributed by atoms with van der Waals surface area (Å²) in [4.78, 5) is 38.0. The smallest absolute Gasteiger partial charge is 0.419 e. The van der Waals surface area contributed by atoms with Crippen molar-refractivity contribution < 1.29 is 18.7 Å². The Hall–Kier alpha value is -3.00. The first-order valence-corrected chi connectivity index (χ1v) is 9.48. The van der Waals surface area contributed by atoms with Gasteiger partial charge in [0.1, 0.15) is 6.61 Å². The van der Waals surface area contributed by atoms with E-state index in [4.69, 9.17) is 9.15 Å². The lowest BCUT2D eigenvalue weighted by molar-refractivity contribution is -0.145. The van der Waals surface area contributed by atoms with E-state index in [-0.39, 0.29) is 24.8 Å². The second-order valence-corrected chi connectivity index (χ2v) is 7.33. The fourth-order valence-electron chi connectivity index (χ4n) is 2.56. The molecule has 2 aromatic carbocycles. The zero-order chi connectivity index (χ0) is 20.1. The van der Waals surface area contributed by atoms with Crippen molar-refractivity contribution >= 4 is 34.1 Å². The minimum Gasteiger partial charge on any atom is -0.461 e. The minimum absolute atomic E-state index is 0.0526. The zero-order valence-corrected chi connectivity index (χ0v) is 16.4. The van der Waals surface area contributed by atoms with Gasteiger partial charge >= 0.3 is 11.7 Å². The molecule has 0 bridgehead atoms. The molecule has 0 fully saturated rings. The highest BCUT2D eigenvalue weighted by Crippen LogP contribution is 2.22.